The number of esters is 1. The smallest absolute Gasteiger partial charge is 0.310 e. The maximum atomic E-state index is 12.7. The van der Waals surface area contributed by atoms with Gasteiger partial charge in [0.2, 0.25) is 10.0 Å². The summed E-state index contributed by atoms with van der Waals surface area (Å²) >= 11 is 0. The molecule has 0 N–H and O–H groups in total. The van der Waals surface area contributed by atoms with Crippen molar-refractivity contribution < 1.29 is 17.9 Å². The van der Waals surface area contributed by atoms with E-state index in [0.29, 0.717) is 25.3 Å². The Bertz CT molecular complexity index is 504. The first-order valence-corrected chi connectivity index (χ1v) is 8.51. The highest BCUT2D eigenvalue weighted by Crippen LogP contribution is 2.36. The Balaban J connectivity index is 2.17. The van der Waals surface area contributed by atoms with Crippen LogP contribution in [-0.4, -0.2) is 44.1 Å². The van der Waals surface area contributed by atoms with Gasteiger partial charge in [0.1, 0.15) is 0 Å². The topological polar surface area (TPSA) is 63.7 Å². The van der Waals surface area contributed by atoms with E-state index >= 15 is 0 Å². The first kappa shape index (κ1) is 15.3. The molecule has 20 heavy (non-hydrogen) atoms. The molecule has 0 aromatic rings. The minimum absolute atomic E-state index is 0.0865. The van der Waals surface area contributed by atoms with Crippen molar-refractivity contribution in [3.63, 3.8) is 0 Å². The number of carbonyl (C=O) groups is 1. The third kappa shape index (κ3) is 3.15. The molecule has 2 rings (SSSR count). The summed E-state index contributed by atoms with van der Waals surface area (Å²) in [5.74, 6) is 1.87. The average Bonchev–Trinajstić information content (AvgIpc) is 3.09. The molecule has 0 aromatic carbocycles. The molecule has 0 radical (unpaired) electrons. The van der Waals surface area contributed by atoms with E-state index in [0.717, 1.165) is 19.3 Å². The predicted octanol–water partition coefficient (Wildman–Crippen LogP) is 1.00. The van der Waals surface area contributed by atoms with E-state index < -0.39 is 27.2 Å². The van der Waals surface area contributed by atoms with Crippen LogP contribution in [0.15, 0.2) is 0 Å². The van der Waals surface area contributed by atoms with Crippen molar-refractivity contribution in [2.24, 2.45) is 11.8 Å². The van der Waals surface area contributed by atoms with Crippen LogP contribution in [0.5, 0.6) is 0 Å². The number of ether oxygens (including phenoxy) is 1. The predicted molar refractivity (Wildman–Crippen MR) is 75.2 cm³/mol. The van der Waals surface area contributed by atoms with Crippen LogP contribution < -0.4 is 0 Å². The van der Waals surface area contributed by atoms with Crippen molar-refractivity contribution in [3.8, 4) is 12.3 Å². The van der Waals surface area contributed by atoms with E-state index in [1.807, 2.05) is 0 Å². The van der Waals surface area contributed by atoms with Crippen LogP contribution in [0.2, 0.25) is 0 Å². The van der Waals surface area contributed by atoms with E-state index in [-0.39, 0.29) is 6.54 Å². The largest absolute Gasteiger partial charge is 0.469 e. The highest BCUT2D eigenvalue weighted by Gasteiger charge is 2.45. The standard InChI is InChI=1S/C14H21NO4S/c1-3-9-15(10-11-7-8-11)20(17,18)13-6-4-5-12(13)14(16)19-2/h1,11-13H,4-10H2,2H3. The van der Waals surface area contributed by atoms with Crippen LogP contribution in [0.4, 0.5) is 0 Å². The molecule has 2 saturated carbocycles. The van der Waals surface area contributed by atoms with Crippen molar-refractivity contribution in [2.45, 2.75) is 37.4 Å². The summed E-state index contributed by atoms with van der Waals surface area (Å²) in [6, 6.07) is 0. The number of nitrogens with zero attached hydrogens (tertiary/aromatic N) is 1. The van der Waals surface area contributed by atoms with Gasteiger partial charge in [0.25, 0.3) is 0 Å². The van der Waals surface area contributed by atoms with E-state index in [1.54, 1.807) is 0 Å². The molecular formula is C14H21NO4S. The quantitative estimate of drug-likeness (QED) is 0.542. The molecule has 0 amide bonds. The van der Waals surface area contributed by atoms with Gasteiger partial charge in [-0.3, -0.25) is 4.79 Å². The zero-order valence-corrected chi connectivity index (χ0v) is 12.6. The first-order valence-electron chi connectivity index (χ1n) is 7.01. The van der Waals surface area contributed by atoms with Gasteiger partial charge in [-0.25, -0.2) is 8.42 Å². The van der Waals surface area contributed by atoms with Gasteiger partial charge in [0, 0.05) is 6.54 Å². The van der Waals surface area contributed by atoms with E-state index in [9.17, 15) is 13.2 Å². The monoisotopic (exact) mass is 299 g/mol. The Labute approximate surface area is 120 Å². The second-order valence-corrected chi connectivity index (χ2v) is 7.74. The van der Waals surface area contributed by atoms with Crippen molar-refractivity contribution in [1.29, 1.82) is 0 Å². The van der Waals surface area contributed by atoms with Crippen LogP contribution in [-0.2, 0) is 19.6 Å². The fourth-order valence-corrected chi connectivity index (χ4v) is 5.03. The molecule has 2 atom stereocenters. The highest BCUT2D eigenvalue weighted by atomic mass is 32.2. The number of carbonyl (C=O) groups excluding carboxylic acids is 1. The molecule has 112 valence electrons. The molecule has 2 aliphatic rings. The Morgan fingerprint density at radius 1 is 1.35 bits per heavy atom. The number of rotatable bonds is 6. The van der Waals surface area contributed by atoms with Crippen molar-refractivity contribution in [2.75, 3.05) is 20.2 Å². The Kier molecular flexibility index (Phi) is 4.71. The van der Waals surface area contributed by atoms with Gasteiger partial charge < -0.3 is 4.74 Å². The van der Waals surface area contributed by atoms with Gasteiger partial charge in [0.05, 0.1) is 24.8 Å². The van der Waals surface area contributed by atoms with Gasteiger partial charge in [-0.15, -0.1) is 6.42 Å². The van der Waals surface area contributed by atoms with Crippen LogP contribution in [0, 0.1) is 24.2 Å². The number of hydrogen-bond acceptors (Lipinski definition) is 4. The minimum Gasteiger partial charge on any atom is -0.469 e. The van der Waals surface area contributed by atoms with Crippen molar-refractivity contribution in [3.05, 3.63) is 0 Å². The summed E-state index contributed by atoms with van der Waals surface area (Å²) < 4.78 is 31.6. The number of terminal acetylenes is 1. The van der Waals surface area contributed by atoms with E-state index in [4.69, 9.17) is 11.2 Å². The molecular weight excluding hydrogens is 278 g/mol. The molecule has 0 aromatic heterocycles. The van der Waals surface area contributed by atoms with Crippen LogP contribution in [0.25, 0.3) is 0 Å². The van der Waals surface area contributed by atoms with Crippen LogP contribution in [0.1, 0.15) is 32.1 Å². The van der Waals surface area contributed by atoms with E-state index in [1.165, 1.54) is 11.4 Å². The zero-order chi connectivity index (χ0) is 14.8. The summed E-state index contributed by atoms with van der Waals surface area (Å²) in [5, 5.41) is -0.679. The molecule has 6 heteroatoms. The summed E-state index contributed by atoms with van der Waals surface area (Å²) in [5.41, 5.74) is 0. The molecule has 0 bridgehead atoms. The first-order chi connectivity index (χ1) is 9.50. The number of hydrogen-bond donors (Lipinski definition) is 0. The third-order valence-corrected chi connectivity index (χ3v) is 6.45. The fourth-order valence-electron chi connectivity index (χ4n) is 2.84. The number of methoxy groups -OCH3 is 1. The SMILES string of the molecule is C#CCN(CC1CC1)S(=O)(=O)C1CCCC1C(=O)OC. The van der Waals surface area contributed by atoms with Crippen molar-refractivity contribution >= 4 is 16.0 Å². The molecule has 2 aliphatic carbocycles. The minimum atomic E-state index is -3.53. The maximum absolute atomic E-state index is 12.7. The molecule has 0 heterocycles. The Morgan fingerprint density at radius 2 is 2.05 bits per heavy atom. The van der Waals surface area contributed by atoms with Gasteiger partial charge in [-0.05, 0) is 31.6 Å². The number of sulfonamides is 1. The highest BCUT2D eigenvalue weighted by molar-refractivity contribution is 7.89. The lowest BCUT2D eigenvalue weighted by Crippen LogP contribution is -2.43. The lowest BCUT2D eigenvalue weighted by molar-refractivity contribution is -0.145. The summed E-state index contributed by atoms with van der Waals surface area (Å²) in [6.45, 7) is 0.570. The lowest BCUT2D eigenvalue weighted by Gasteiger charge is -2.26. The molecule has 2 fully saturated rings. The van der Waals surface area contributed by atoms with Gasteiger partial charge >= 0.3 is 5.97 Å². The van der Waals surface area contributed by atoms with Crippen LogP contribution >= 0.6 is 0 Å². The zero-order valence-electron chi connectivity index (χ0n) is 11.7. The average molecular weight is 299 g/mol. The van der Waals surface area contributed by atoms with E-state index in [2.05, 4.69) is 5.92 Å². The molecule has 5 nitrogen and oxygen atoms in total. The summed E-state index contributed by atoms with van der Waals surface area (Å²) in [7, 11) is -2.23. The van der Waals surface area contributed by atoms with Crippen molar-refractivity contribution in [1.82, 2.24) is 4.31 Å². The fraction of sp³-hybridized carbons (Fsp3) is 0.786. The normalized spacial score (nSPS) is 26.4. The lowest BCUT2D eigenvalue weighted by atomic mass is 10.1. The molecule has 0 spiro atoms. The summed E-state index contributed by atoms with van der Waals surface area (Å²) in [6.07, 6.45) is 9.22. The van der Waals surface area contributed by atoms with Gasteiger partial charge in [-0.2, -0.15) is 4.31 Å². The summed E-state index contributed by atoms with van der Waals surface area (Å²) in [4.78, 5) is 11.7. The Morgan fingerprint density at radius 3 is 2.60 bits per heavy atom. The van der Waals surface area contributed by atoms with Gasteiger partial charge in [-0.1, -0.05) is 12.3 Å². The second-order valence-electron chi connectivity index (χ2n) is 5.58. The Hall–Kier alpha value is -1.06. The molecule has 0 aliphatic heterocycles. The molecule has 2 unspecified atom stereocenters. The third-order valence-electron chi connectivity index (χ3n) is 4.13. The molecule has 0 saturated heterocycles. The maximum Gasteiger partial charge on any atom is 0.310 e. The second kappa shape index (κ2) is 6.15. The van der Waals surface area contributed by atoms with Crippen LogP contribution in [0.3, 0.4) is 0 Å². The van der Waals surface area contributed by atoms with Gasteiger partial charge in [0.15, 0.2) is 0 Å².